The van der Waals surface area contributed by atoms with Crippen LogP contribution in [0.3, 0.4) is 0 Å². The highest BCUT2D eigenvalue weighted by atomic mass is 16.5. The Balaban J connectivity index is 0.00000153. The molecule has 2 aromatic rings. The van der Waals surface area contributed by atoms with Gasteiger partial charge in [-0.3, -0.25) is 24.6 Å². The zero-order valence-electron chi connectivity index (χ0n) is 16.6. The van der Waals surface area contributed by atoms with Crippen molar-refractivity contribution in [1.29, 1.82) is 0 Å². The number of nitrogens with zero attached hydrogens (tertiary/aromatic N) is 1. The molecule has 31 heavy (non-hydrogen) atoms. The summed E-state index contributed by atoms with van der Waals surface area (Å²) in [6.07, 6.45) is 0.961. The number of ether oxygens (including phenoxy) is 1. The van der Waals surface area contributed by atoms with Gasteiger partial charge in [-0.25, -0.2) is 4.79 Å². The van der Waals surface area contributed by atoms with Gasteiger partial charge < -0.3 is 15.4 Å². The minimum Gasteiger partial charge on any atom is -0.491 e. The van der Waals surface area contributed by atoms with Gasteiger partial charge in [0.1, 0.15) is 17.8 Å². The zero-order valence-corrected chi connectivity index (χ0v) is 16.6. The average molecular weight is 424 g/mol. The van der Waals surface area contributed by atoms with Crippen LogP contribution in [0.1, 0.15) is 20.4 Å². The van der Waals surface area contributed by atoms with E-state index in [9.17, 15) is 19.2 Å². The highest BCUT2D eigenvalue weighted by Gasteiger charge is 2.50. The second-order valence-electron chi connectivity index (χ2n) is 7.92. The standard InChI is InChI=1S/C22H20N4O5.2H2/c27-18(12-26-16-3-1-2-4-17(16)31-8-7-19(26)28)23-15-6-5-13-10-22(11-14(13)9-15)20(29)24-21(30)25-22;;/h1-6,9H,7-8,10-12H2,(H,23,27)(H2,24,25,29,30);2*1H. The lowest BCUT2D eigenvalue weighted by Crippen LogP contribution is -2.47. The molecule has 3 N–H and O–H groups in total. The summed E-state index contributed by atoms with van der Waals surface area (Å²) in [5, 5.41) is 7.83. The van der Waals surface area contributed by atoms with Crippen LogP contribution in [0.5, 0.6) is 5.75 Å². The van der Waals surface area contributed by atoms with Crippen molar-refractivity contribution < 1.29 is 26.8 Å². The van der Waals surface area contributed by atoms with E-state index in [4.69, 9.17) is 4.74 Å². The molecule has 1 saturated heterocycles. The first-order chi connectivity index (χ1) is 14.9. The molecule has 1 atom stereocenters. The van der Waals surface area contributed by atoms with Gasteiger partial charge >= 0.3 is 6.03 Å². The molecule has 162 valence electrons. The molecule has 0 radical (unpaired) electrons. The highest BCUT2D eigenvalue weighted by molar-refractivity contribution is 6.08. The number of urea groups is 1. The van der Waals surface area contributed by atoms with Gasteiger partial charge in [-0.1, -0.05) is 18.2 Å². The third-order valence-corrected chi connectivity index (χ3v) is 5.82. The van der Waals surface area contributed by atoms with Crippen LogP contribution in [-0.2, 0) is 27.2 Å². The fraction of sp³-hybridized carbons (Fsp3) is 0.273. The summed E-state index contributed by atoms with van der Waals surface area (Å²) in [5.74, 6) is -0.288. The van der Waals surface area contributed by atoms with Gasteiger partial charge in [0.2, 0.25) is 11.8 Å². The predicted octanol–water partition coefficient (Wildman–Crippen LogP) is 1.61. The Morgan fingerprint density at radius 3 is 2.74 bits per heavy atom. The molecule has 2 aromatic carbocycles. The first-order valence-electron chi connectivity index (χ1n) is 10.0. The quantitative estimate of drug-likeness (QED) is 0.648. The third kappa shape index (κ3) is 3.37. The molecule has 9 heteroatoms. The normalized spacial score (nSPS) is 21.7. The Hall–Kier alpha value is -3.88. The number of nitrogens with one attached hydrogen (secondary N) is 3. The Labute approximate surface area is 180 Å². The van der Waals surface area contributed by atoms with Crippen molar-refractivity contribution in [2.24, 2.45) is 0 Å². The number of anilines is 2. The summed E-state index contributed by atoms with van der Waals surface area (Å²) in [6.45, 7) is 0.128. The molecule has 1 unspecified atom stereocenters. The molecule has 3 aliphatic rings. The van der Waals surface area contributed by atoms with E-state index in [1.165, 1.54) is 4.90 Å². The Bertz CT molecular complexity index is 1140. The van der Waals surface area contributed by atoms with E-state index in [2.05, 4.69) is 16.0 Å². The van der Waals surface area contributed by atoms with Crippen LogP contribution in [0.4, 0.5) is 16.2 Å². The lowest BCUT2D eigenvalue weighted by atomic mass is 9.96. The lowest BCUT2D eigenvalue weighted by molar-refractivity contribution is -0.123. The van der Waals surface area contributed by atoms with Gasteiger partial charge in [-0.05, 0) is 35.4 Å². The van der Waals surface area contributed by atoms with Crippen LogP contribution >= 0.6 is 0 Å². The lowest BCUT2D eigenvalue weighted by Gasteiger charge is -2.21. The summed E-state index contributed by atoms with van der Waals surface area (Å²) < 4.78 is 5.60. The number of benzene rings is 2. The average Bonchev–Trinajstić information content (AvgIpc) is 3.17. The summed E-state index contributed by atoms with van der Waals surface area (Å²) in [4.78, 5) is 50.4. The van der Waals surface area contributed by atoms with Gasteiger partial charge in [0.25, 0.3) is 5.91 Å². The number of imide groups is 1. The molecule has 5 rings (SSSR count). The molecule has 1 fully saturated rings. The molecule has 1 aliphatic carbocycles. The molecule has 9 nitrogen and oxygen atoms in total. The van der Waals surface area contributed by atoms with E-state index in [0.29, 0.717) is 30.0 Å². The maximum Gasteiger partial charge on any atom is 0.322 e. The van der Waals surface area contributed by atoms with Gasteiger partial charge in [-0.15, -0.1) is 0 Å². The van der Waals surface area contributed by atoms with Crippen LogP contribution in [0.2, 0.25) is 0 Å². The molecular formula is C22H24N4O5. The van der Waals surface area contributed by atoms with E-state index in [-0.39, 0.29) is 40.1 Å². The number of carbonyl (C=O) groups excluding carboxylic acids is 4. The molecule has 0 saturated carbocycles. The summed E-state index contributed by atoms with van der Waals surface area (Å²) in [7, 11) is 0. The Morgan fingerprint density at radius 1 is 1.13 bits per heavy atom. The summed E-state index contributed by atoms with van der Waals surface area (Å²) in [6, 6.07) is 12.0. The van der Waals surface area contributed by atoms with Crippen LogP contribution in [0.15, 0.2) is 42.5 Å². The number of fused-ring (bicyclic) bond motifs is 2. The van der Waals surface area contributed by atoms with Gasteiger partial charge in [0.05, 0.1) is 18.7 Å². The van der Waals surface area contributed by atoms with Gasteiger partial charge in [0.15, 0.2) is 0 Å². The first kappa shape index (κ1) is 19.1. The minimum atomic E-state index is -0.954. The van der Waals surface area contributed by atoms with E-state index < -0.39 is 11.6 Å². The topological polar surface area (TPSA) is 117 Å². The second-order valence-corrected chi connectivity index (χ2v) is 7.92. The van der Waals surface area contributed by atoms with Crippen molar-refractivity contribution in [3.63, 3.8) is 0 Å². The van der Waals surface area contributed by atoms with Crippen LogP contribution in [0.25, 0.3) is 0 Å². The van der Waals surface area contributed by atoms with E-state index in [1.54, 1.807) is 30.3 Å². The van der Waals surface area contributed by atoms with E-state index in [0.717, 1.165) is 11.1 Å². The van der Waals surface area contributed by atoms with Crippen molar-refractivity contribution in [2.45, 2.75) is 24.8 Å². The molecule has 2 aliphatic heterocycles. The van der Waals surface area contributed by atoms with Crippen LogP contribution in [-0.4, -0.2) is 42.4 Å². The van der Waals surface area contributed by atoms with Crippen molar-refractivity contribution in [3.8, 4) is 5.75 Å². The smallest absolute Gasteiger partial charge is 0.322 e. The number of hydrogen-bond acceptors (Lipinski definition) is 5. The number of hydrogen-bond donors (Lipinski definition) is 3. The molecule has 0 bridgehead atoms. The van der Waals surface area contributed by atoms with E-state index in [1.807, 2.05) is 12.1 Å². The van der Waals surface area contributed by atoms with Crippen LogP contribution in [0, 0.1) is 0 Å². The maximum atomic E-state index is 12.7. The molecule has 2 heterocycles. The predicted molar refractivity (Wildman–Crippen MR) is 115 cm³/mol. The summed E-state index contributed by atoms with van der Waals surface area (Å²) >= 11 is 0. The second kappa shape index (κ2) is 7.12. The largest absolute Gasteiger partial charge is 0.491 e. The van der Waals surface area contributed by atoms with Gasteiger partial charge in [-0.2, -0.15) is 0 Å². The SMILES string of the molecule is O=C(CN1C(=O)CCOc2ccccc21)Nc1ccc2c(c1)CC1(C2)NC(=O)NC1=O.[HH].[HH]. The highest BCUT2D eigenvalue weighted by Crippen LogP contribution is 2.34. The summed E-state index contributed by atoms with van der Waals surface area (Å²) in [5.41, 5.74) is 2.02. The number of para-hydroxylation sites is 2. The van der Waals surface area contributed by atoms with Crippen molar-refractivity contribution in [2.75, 3.05) is 23.4 Å². The Kier molecular flexibility index (Phi) is 4.39. The van der Waals surface area contributed by atoms with Gasteiger partial charge in [0, 0.05) is 21.4 Å². The van der Waals surface area contributed by atoms with Crippen molar-refractivity contribution in [1.82, 2.24) is 10.6 Å². The third-order valence-electron chi connectivity index (χ3n) is 5.82. The number of carbonyl (C=O) groups is 4. The van der Waals surface area contributed by atoms with E-state index >= 15 is 0 Å². The Morgan fingerprint density at radius 2 is 1.94 bits per heavy atom. The molecule has 0 aromatic heterocycles. The minimum absolute atomic E-state index is 0. The zero-order chi connectivity index (χ0) is 21.6. The molecular weight excluding hydrogens is 400 g/mol. The fourth-order valence-electron chi connectivity index (χ4n) is 4.37. The first-order valence-corrected chi connectivity index (χ1v) is 10.0. The van der Waals surface area contributed by atoms with Crippen molar-refractivity contribution in [3.05, 3.63) is 53.6 Å². The maximum absolute atomic E-state index is 12.7. The number of rotatable bonds is 3. The van der Waals surface area contributed by atoms with Crippen molar-refractivity contribution >= 4 is 35.1 Å². The fourth-order valence-corrected chi connectivity index (χ4v) is 4.37. The molecule has 1 spiro atoms. The number of amides is 5. The monoisotopic (exact) mass is 424 g/mol. The van der Waals surface area contributed by atoms with Crippen LogP contribution < -0.4 is 25.6 Å². The molecule has 5 amide bonds.